The third kappa shape index (κ3) is 3.78. The van der Waals surface area contributed by atoms with Crippen LogP contribution in [0.4, 0.5) is 5.82 Å². The van der Waals surface area contributed by atoms with Crippen molar-refractivity contribution in [2.45, 2.75) is 25.4 Å². The first-order valence-corrected chi connectivity index (χ1v) is 10.4. The van der Waals surface area contributed by atoms with E-state index in [1.807, 2.05) is 54.6 Å². The number of para-hydroxylation sites is 1. The van der Waals surface area contributed by atoms with Gasteiger partial charge in [0, 0.05) is 17.2 Å². The number of nitrogens with zero attached hydrogens (tertiary/aromatic N) is 4. The van der Waals surface area contributed by atoms with E-state index in [1.54, 1.807) is 4.68 Å². The number of anilines is 1. The zero-order valence-electron chi connectivity index (χ0n) is 17.4. The molecule has 1 aliphatic heterocycles. The Morgan fingerprint density at radius 2 is 1.84 bits per heavy atom. The predicted octanol–water partition coefficient (Wildman–Crippen LogP) is 3.70. The van der Waals surface area contributed by atoms with Crippen LogP contribution >= 0.6 is 0 Å². The molecule has 0 aliphatic carbocycles. The van der Waals surface area contributed by atoms with Gasteiger partial charge in [0.1, 0.15) is 29.3 Å². The second-order valence-electron chi connectivity index (χ2n) is 7.74. The lowest BCUT2D eigenvalue weighted by Gasteiger charge is -2.24. The number of benzene rings is 2. The van der Waals surface area contributed by atoms with Gasteiger partial charge in [0.05, 0.1) is 11.9 Å². The Morgan fingerprint density at radius 3 is 2.59 bits per heavy atom. The minimum absolute atomic E-state index is 0.0539. The van der Waals surface area contributed by atoms with Gasteiger partial charge in [-0.1, -0.05) is 24.8 Å². The van der Waals surface area contributed by atoms with Gasteiger partial charge in [-0.05, 0) is 49.2 Å². The van der Waals surface area contributed by atoms with E-state index in [-0.39, 0.29) is 11.9 Å². The molecule has 1 aliphatic rings. The standard InChI is InChI=1S/C24H22N6O2/c1-15-7-10-17(28-24(15)31)13-30-23-20(22(25)26-14-27-23)21(29-30)16-8-11-19(12-9-16)32-18-5-3-2-4-6-18/h2-6,8-9,11-12,14,17H,1,7,10,13H2,(H,28,31)(H2,25,26,27). The molecule has 3 N–H and O–H groups in total. The Balaban J connectivity index is 1.46. The summed E-state index contributed by atoms with van der Waals surface area (Å²) in [6, 6.07) is 17.2. The number of fused-ring (bicyclic) bond motifs is 1. The molecule has 0 radical (unpaired) electrons. The van der Waals surface area contributed by atoms with Crippen molar-refractivity contribution in [2.24, 2.45) is 0 Å². The molecular weight excluding hydrogens is 404 g/mol. The van der Waals surface area contributed by atoms with Crippen molar-refractivity contribution in [3.05, 3.63) is 73.1 Å². The molecule has 8 heteroatoms. The maximum absolute atomic E-state index is 12.0. The normalized spacial score (nSPS) is 16.2. The Morgan fingerprint density at radius 1 is 1.09 bits per heavy atom. The van der Waals surface area contributed by atoms with Crippen LogP contribution in [0.25, 0.3) is 22.3 Å². The third-order valence-corrected chi connectivity index (χ3v) is 5.51. The highest BCUT2D eigenvalue weighted by molar-refractivity contribution is 5.98. The molecule has 1 fully saturated rings. The van der Waals surface area contributed by atoms with Crippen molar-refractivity contribution in [1.82, 2.24) is 25.1 Å². The molecule has 1 atom stereocenters. The number of rotatable bonds is 5. The number of piperidine rings is 1. The molecule has 1 amide bonds. The molecule has 5 rings (SSSR count). The van der Waals surface area contributed by atoms with Gasteiger partial charge in [-0.3, -0.25) is 4.79 Å². The maximum atomic E-state index is 12.0. The lowest BCUT2D eigenvalue weighted by atomic mass is 10.0. The Hall–Kier alpha value is -4.20. The number of hydrogen-bond acceptors (Lipinski definition) is 6. The number of hydrogen-bond donors (Lipinski definition) is 2. The molecule has 0 spiro atoms. The fourth-order valence-corrected chi connectivity index (χ4v) is 3.83. The van der Waals surface area contributed by atoms with E-state index in [2.05, 4.69) is 21.9 Å². The van der Waals surface area contributed by atoms with Crippen LogP contribution in [0.2, 0.25) is 0 Å². The van der Waals surface area contributed by atoms with E-state index < -0.39 is 0 Å². The average Bonchev–Trinajstić information content (AvgIpc) is 3.17. The van der Waals surface area contributed by atoms with Crippen molar-refractivity contribution in [3.8, 4) is 22.8 Å². The van der Waals surface area contributed by atoms with E-state index in [0.717, 1.165) is 23.5 Å². The molecular formula is C24H22N6O2. The van der Waals surface area contributed by atoms with E-state index in [4.69, 9.17) is 15.6 Å². The quantitative estimate of drug-likeness (QED) is 0.471. The smallest absolute Gasteiger partial charge is 0.246 e. The summed E-state index contributed by atoms with van der Waals surface area (Å²) in [4.78, 5) is 20.6. The van der Waals surface area contributed by atoms with Gasteiger partial charge < -0.3 is 15.8 Å². The lowest BCUT2D eigenvalue weighted by molar-refractivity contribution is -0.119. The summed E-state index contributed by atoms with van der Waals surface area (Å²) in [6.07, 6.45) is 2.90. The van der Waals surface area contributed by atoms with Gasteiger partial charge in [0.15, 0.2) is 5.65 Å². The largest absolute Gasteiger partial charge is 0.457 e. The number of nitrogen functional groups attached to an aromatic ring is 1. The van der Waals surface area contributed by atoms with Crippen molar-refractivity contribution < 1.29 is 9.53 Å². The zero-order chi connectivity index (χ0) is 22.1. The van der Waals surface area contributed by atoms with E-state index in [9.17, 15) is 4.79 Å². The SMILES string of the molecule is C=C1CCC(Cn2nc(-c3ccc(Oc4ccccc4)cc3)c3c(N)ncnc32)NC1=O. The topological polar surface area (TPSA) is 108 Å². The summed E-state index contributed by atoms with van der Waals surface area (Å²) in [7, 11) is 0. The molecule has 1 unspecified atom stereocenters. The summed E-state index contributed by atoms with van der Waals surface area (Å²) in [5.74, 6) is 1.74. The summed E-state index contributed by atoms with van der Waals surface area (Å²) in [6.45, 7) is 4.28. The number of amides is 1. The second-order valence-corrected chi connectivity index (χ2v) is 7.74. The number of nitrogens with one attached hydrogen (secondary N) is 1. The molecule has 160 valence electrons. The Kier molecular flexibility index (Phi) is 5.03. The number of carbonyl (C=O) groups excluding carboxylic acids is 1. The fourth-order valence-electron chi connectivity index (χ4n) is 3.83. The Labute approximate surface area is 184 Å². The first-order valence-electron chi connectivity index (χ1n) is 10.4. The number of aromatic nitrogens is 4. The van der Waals surface area contributed by atoms with Crippen LogP contribution in [0.15, 0.2) is 73.1 Å². The van der Waals surface area contributed by atoms with Crippen molar-refractivity contribution >= 4 is 22.8 Å². The van der Waals surface area contributed by atoms with Crippen LogP contribution in [0, 0.1) is 0 Å². The van der Waals surface area contributed by atoms with Crippen molar-refractivity contribution in [1.29, 1.82) is 0 Å². The summed E-state index contributed by atoms with van der Waals surface area (Å²) >= 11 is 0. The number of ether oxygens (including phenoxy) is 1. The lowest BCUT2D eigenvalue weighted by Crippen LogP contribution is -2.42. The van der Waals surface area contributed by atoms with Crippen LogP contribution in [0.5, 0.6) is 11.5 Å². The van der Waals surface area contributed by atoms with Gasteiger partial charge >= 0.3 is 0 Å². The predicted molar refractivity (Wildman–Crippen MR) is 122 cm³/mol. The van der Waals surface area contributed by atoms with Crippen LogP contribution in [-0.2, 0) is 11.3 Å². The molecule has 0 saturated carbocycles. The monoisotopic (exact) mass is 426 g/mol. The van der Waals surface area contributed by atoms with E-state index in [0.29, 0.717) is 41.1 Å². The van der Waals surface area contributed by atoms with Gasteiger partial charge in [0.2, 0.25) is 5.91 Å². The molecule has 32 heavy (non-hydrogen) atoms. The van der Waals surface area contributed by atoms with Crippen LogP contribution in [0.3, 0.4) is 0 Å². The summed E-state index contributed by atoms with van der Waals surface area (Å²) in [5.41, 5.74) is 9.01. The van der Waals surface area contributed by atoms with Gasteiger partial charge in [-0.15, -0.1) is 0 Å². The van der Waals surface area contributed by atoms with Crippen molar-refractivity contribution in [3.63, 3.8) is 0 Å². The van der Waals surface area contributed by atoms with Crippen LogP contribution in [0.1, 0.15) is 12.8 Å². The minimum atomic E-state index is -0.110. The highest BCUT2D eigenvalue weighted by atomic mass is 16.5. The zero-order valence-corrected chi connectivity index (χ0v) is 17.4. The Bertz CT molecular complexity index is 1300. The molecule has 4 aromatic rings. The number of nitrogens with two attached hydrogens (primary N) is 1. The first-order chi connectivity index (χ1) is 15.6. The molecule has 8 nitrogen and oxygen atoms in total. The van der Waals surface area contributed by atoms with E-state index in [1.165, 1.54) is 6.33 Å². The van der Waals surface area contributed by atoms with E-state index >= 15 is 0 Å². The summed E-state index contributed by atoms with van der Waals surface area (Å²) < 4.78 is 7.67. The van der Waals surface area contributed by atoms with Crippen molar-refractivity contribution in [2.75, 3.05) is 5.73 Å². The molecule has 2 aromatic heterocycles. The second kappa shape index (κ2) is 8.14. The molecule has 3 heterocycles. The molecule has 2 aromatic carbocycles. The summed E-state index contributed by atoms with van der Waals surface area (Å²) in [5, 5.41) is 8.47. The van der Waals surface area contributed by atoms with Gasteiger partial charge in [0.25, 0.3) is 0 Å². The van der Waals surface area contributed by atoms with Gasteiger partial charge in [-0.2, -0.15) is 5.10 Å². The fraction of sp³-hybridized carbons (Fsp3) is 0.167. The minimum Gasteiger partial charge on any atom is -0.457 e. The van der Waals surface area contributed by atoms with Crippen LogP contribution in [-0.4, -0.2) is 31.7 Å². The number of carbonyl (C=O) groups is 1. The van der Waals surface area contributed by atoms with Gasteiger partial charge in [-0.25, -0.2) is 14.6 Å². The third-order valence-electron chi connectivity index (χ3n) is 5.51. The highest BCUT2D eigenvalue weighted by Gasteiger charge is 2.24. The first kappa shape index (κ1) is 19.7. The molecule has 1 saturated heterocycles. The van der Waals surface area contributed by atoms with Crippen LogP contribution < -0.4 is 15.8 Å². The average molecular weight is 426 g/mol. The highest BCUT2D eigenvalue weighted by Crippen LogP contribution is 2.32. The molecule has 0 bridgehead atoms. The maximum Gasteiger partial charge on any atom is 0.246 e.